The van der Waals surface area contributed by atoms with Crippen molar-refractivity contribution in [1.82, 2.24) is 0 Å². The number of phenolic OH excluding ortho intramolecular Hbond substituents is 1. The first kappa shape index (κ1) is 11.2. The number of phenols is 1. The van der Waals surface area contributed by atoms with E-state index in [1.54, 1.807) is 0 Å². The maximum atomic E-state index is 10.6. The summed E-state index contributed by atoms with van der Waals surface area (Å²) in [7, 11) is 0. The lowest BCUT2D eigenvalue weighted by molar-refractivity contribution is -0.138. The topological polar surface area (TPSA) is 101 Å². The molecule has 0 bridgehead atoms. The third-order valence-electron chi connectivity index (χ3n) is 2.01. The number of carboxylic acids is 1. The van der Waals surface area contributed by atoms with Gasteiger partial charge in [0.25, 0.3) is 0 Å². The van der Waals surface area contributed by atoms with Crippen LogP contribution in [0.25, 0.3) is 0 Å². The number of benzene rings is 1. The van der Waals surface area contributed by atoms with Crippen molar-refractivity contribution in [3.05, 3.63) is 29.3 Å². The van der Waals surface area contributed by atoms with Crippen LogP contribution < -0.4 is 5.73 Å². The van der Waals surface area contributed by atoms with Crippen molar-refractivity contribution < 1.29 is 19.8 Å². The second kappa shape index (κ2) is 4.56. The van der Waals surface area contributed by atoms with Crippen molar-refractivity contribution in [3.8, 4) is 5.75 Å². The third kappa shape index (κ3) is 2.78. The Morgan fingerprint density at radius 1 is 1.53 bits per heavy atom. The molecular weight excluding hydrogens is 198 g/mol. The molecule has 5 heteroatoms. The fourth-order valence-electron chi connectivity index (χ4n) is 1.20. The van der Waals surface area contributed by atoms with Crippen LogP contribution in [0.3, 0.4) is 0 Å². The molecule has 0 aliphatic carbocycles. The highest BCUT2D eigenvalue weighted by Crippen LogP contribution is 2.16. The van der Waals surface area contributed by atoms with Gasteiger partial charge in [0.15, 0.2) is 0 Å². The molecule has 4 N–H and O–H groups in total. The summed E-state index contributed by atoms with van der Waals surface area (Å²) in [6, 6.07) is 3.10. The van der Waals surface area contributed by atoms with Gasteiger partial charge in [-0.25, -0.2) is 0 Å². The van der Waals surface area contributed by atoms with Gasteiger partial charge in [-0.3, -0.25) is 9.59 Å². The zero-order valence-corrected chi connectivity index (χ0v) is 7.88. The first-order valence-electron chi connectivity index (χ1n) is 4.30. The number of aldehydes is 1. The Kier molecular flexibility index (Phi) is 3.41. The molecule has 0 aliphatic rings. The number of carbonyl (C=O) groups is 2. The number of rotatable bonds is 4. The van der Waals surface area contributed by atoms with Crippen molar-refractivity contribution in [3.63, 3.8) is 0 Å². The van der Waals surface area contributed by atoms with Crippen molar-refractivity contribution in [2.24, 2.45) is 5.73 Å². The Bertz CT molecular complexity index is 389. The molecule has 1 atom stereocenters. The summed E-state index contributed by atoms with van der Waals surface area (Å²) < 4.78 is 0. The van der Waals surface area contributed by atoms with Gasteiger partial charge in [0, 0.05) is 5.56 Å². The third-order valence-corrected chi connectivity index (χ3v) is 2.01. The fourth-order valence-corrected chi connectivity index (χ4v) is 1.20. The van der Waals surface area contributed by atoms with Crippen LogP contribution in [0.2, 0.25) is 0 Å². The number of nitrogens with two attached hydrogens (primary N) is 1. The number of aromatic hydroxyl groups is 1. The van der Waals surface area contributed by atoms with E-state index in [4.69, 9.17) is 15.9 Å². The van der Waals surface area contributed by atoms with E-state index in [0.29, 0.717) is 11.8 Å². The van der Waals surface area contributed by atoms with E-state index in [2.05, 4.69) is 0 Å². The summed E-state index contributed by atoms with van der Waals surface area (Å²) in [5.74, 6) is -1.16. The molecule has 1 aromatic carbocycles. The molecule has 0 aliphatic heterocycles. The molecule has 0 heterocycles. The molecule has 0 radical (unpaired) electrons. The summed E-state index contributed by atoms with van der Waals surface area (Å²) >= 11 is 0. The van der Waals surface area contributed by atoms with Gasteiger partial charge in [0.1, 0.15) is 18.1 Å². The molecule has 0 spiro atoms. The Morgan fingerprint density at radius 3 is 2.73 bits per heavy atom. The van der Waals surface area contributed by atoms with Crippen molar-refractivity contribution >= 4 is 12.3 Å². The Morgan fingerprint density at radius 2 is 2.20 bits per heavy atom. The van der Waals surface area contributed by atoms with Gasteiger partial charge < -0.3 is 15.9 Å². The largest absolute Gasteiger partial charge is 0.508 e. The lowest BCUT2D eigenvalue weighted by Crippen LogP contribution is -2.32. The quantitative estimate of drug-likeness (QED) is 0.613. The molecule has 1 aromatic rings. The van der Waals surface area contributed by atoms with Crippen LogP contribution in [0.5, 0.6) is 5.75 Å². The minimum Gasteiger partial charge on any atom is -0.508 e. The van der Waals surface area contributed by atoms with E-state index in [9.17, 15) is 9.59 Å². The average Bonchev–Trinajstić information content (AvgIpc) is 2.20. The maximum absolute atomic E-state index is 10.6. The summed E-state index contributed by atoms with van der Waals surface area (Å²) in [6.07, 6.45) is 0.618. The van der Waals surface area contributed by atoms with Gasteiger partial charge in [0.05, 0.1) is 0 Å². The number of aliphatic carboxylic acids is 1. The standard InChI is InChI=1S/C10H11NO4/c11-9(10(14)15)4-6-1-2-8(13)3-7(6)5-12/h1-3,5,9,13H,4,11H2,(H,14,15)/t9-/m0/s1. The molecule has 0 saturated carbocycles. The summed E-state index contributed by atoms with van der Waals surface area (Å²) in [4.78, 5) is 21.1. The highest BCUT2D eigenvalue weighted by Gasteiger charge is 2.14. The van der Waals surface area contributed by atoms with E-state index in [1.165, 1.54) is 18.2 Å². The van der Waals surface area contributed by atoms with Crippen LogP contribution in [0.15, 0.2) is 18.2 Å². The second-order valence-corrected chi connectivity index (χ2v) is 3.15. The molecule has 15 heavy (non-hydrogen) atoms. The monoisotopic (exact) mass is 209 g/mol. The van der Waals surface area contributed by atoms with Gasteiger partial charge in [-0.15, -0.1) is 0 Å². The van der Waals surface area contributed by atoms with Crippen molar-refractivity contribution in [2.45, 2.75) is 12.5 Å². The van der Waals surface area contributed by atoms with E-state index < -0.39 is 12.0 Å². The zero-order chi connectivity index (χ0) is 11.4. The van der Waals surface area contributed by atoms with Crippen molar-refractivity contribution in [2.75, 3.05) is 0 Å². The van der Waals surface area contributed by atoms with Crippen LogP contribution in [0.1, 0.15) is 15.9 Å². The number of hydrogen-bond donors (Lipinski definition) is 3. The highest BCUT2D eigenvalue weighted by atomic mass is 16.4. The first-order chi connectivity index (χ1) is 7.04. The smallest absolute Gasteiger partial charge is 0.320 e. The molecule has 80 valence electrons. The van der Waals surface area contributed by atoms with Crippen LogP contribution in [0, 0.1) is 0 Å². The fraction of sp³-hybridized carbons (Fsp3) is 0.200. The Hall–Kier alpha value is -1.88. The summed E-state index contributed by atoms with van der Waals surface area (Å²) in [6.45, 7) is 0. The average molecular weight is 209 g/mol. The van der Waals surface area contributed by atoms with Crippen LogP contribution >= 0.6 is 0 Å². The minimum atomic E-state index is -1.13. The lowest BCUT2D eigenvalue weighted by Gasteiger charge is -2.08. The number of hydrogen-bond acceptors (Lipinski definition) is 4. The normalized spacial score (nSPS) is 12.1. The second-order valence-electron chi connectivity index (χ2n) is 3.15. The lowest BCUT2D eigenvalue weighted by atomic mass is 10.0. The number of carboxylic acid groups (broad SMARTS) is 1. The summed E-state index contributed by atoms with van der Waals surface area (Å²) in [5, 5.41) is 17.7. The predicted molar refractivity (Wildman–Crippen MR) is 52.8 cm³/mol. The summed E-state index contributed by atoms with van der Waals surface area (Å²) in [5.41, 5.74) is 6.10. The minimum absolute atomic E-state index is 0.0373. The van der Waals surface area contributed by atoms with Crippen LogP contribution in [0.4, 0.5) is 0 Å². The molecule has 0 fully saturated rings. The molecule has 1 rings (SSSR count). The highest BCUT2D eigenvalue weighted by molar-refractivity contribution is 5.79. The predicted octanol–water partition coefficient (Wildman–Crippen LogP) is 0.159. The zero-order valence-electron chi connectivity index (χ0n) is 7.88. The van der Waals surface area contributed by atoms with Gasteiger partial charge in [-0.05, 0) is 24.1 Å². The molecule has 0 amide bonds. The molecule has 0 saturated heterocycles. The number of carbonyl (C=O) groups excluding carboxylic acids is 1. The van der Waals surface area contributed by atoms with Gasteiger partial charge in [0.2, 0.25) is 0 Å². The van der Waals surface area contributed by atoms with Gasteiger partial charge in [-0.1, -0.05) is 6.07 Å². The van der Waals surface area contributed by atoms with E-state index >= 15 is 0 Å². The van der Waals surface area contributed by atoms with Crippen LogP contribution in [-0.4, -0.2) is 28.5 Å². The maximum Gasteiger partial charge on any atom is 0.320 e. The van der Waals surface area contributed by atoms with E-state index in [1.807, 2.05) is 0 Å². The van der Waals surface area contributed by atoms with E-state index in [0.717, 1.165) is 0 Å². The molecule has 5 nitrogen and oxygen atoms in total. The molecular formula is C10H11NO4. The molecule has 0 unspecified atom stereocenters. The SMILES string of the molecule is N[C@@H](Cc1ccc(O)cc1C=O)C(=O)O. The Balaban J connectivity index is 2.94. The molecule has 0 aromatic heterocycles. The van der Waals surface area contributed by atoms with Gasteiger partial charge >= 0.3 is 5.97 Å². The Labute approximate surface area is 86.1 Å². The van der Waals surface area contributed by atoms with Gasteiger partial charge in [-0.2, -0.15) is 0 Å². The van der Waals surface area contributed by atoms with Crippen molar-refractivity contribution in [1.29, 1.82) is 0 Å². The van der Waals surface area contributed by atoms with E-state index in [-0.39, 0.29) is 17.7 Å². The van der Waals surface area contributed by atoms with Crippen LogP contribution in [-0.2, 0) is 11.2 Å². The first-order valence-corrected chi connectivity index (χ1v) is 4.30.